The largest absolute Gasteiger partial charge is 0.464 e. The van der Waals surface area contributed by atoms with Crippen LogP contribution in [0.25, 0.3) is 6.08 Å². The van der Waals surface area contributed by atoms with E-state index in [2.05, 4.69) is 89.7 Å². The summed E-state index contributed by atoms with van der Waals surface area (Å²) in [7, 11) is 0. The zero-order valence-corrected chi connectivity index (χ0v) is 15.6. The van der Waals surface area contributed by atoms with Crippen molar-refractivity contribution in [2.75, 3.05) is 5.32 Å². The molecule has 1 N–H and O–H groups in total. The van der Waals surface area contributed by atoms with Gasteiger partial charge in [0.15, 0.2) is 0 Å². The van der Waals surface area contributed by atoms with Crippen molar-refractivity contribution in [3.05, 3.63) is 65.2 Å². The molecule has 2 nitrogen and oxygen atoms in total. The Hall–Kier alpha value is -1.74. The number of benzene rings is 2. The van der Waals surface area contributed by atoms with Crippen molar-refractivity contribution in [1.29, 1.82) is 0 Å². The van der Waals surface area contributed by atoms with E-state index < -0.39 is 5.72 Å². The van der Waals surface area contributed by atoms with E-state index in [0.29, 0.717) is 10.7 Å². The monoisotopic (exact) mass is 383 g/mol. The second kappa shape index (κ2) is 5.96. The van der Waals surface area contributed by atoms with Gasteiger partial charge in [0.05, 0.1) is 0 Å². The van der Waals surface area contributed by atoms with Crippen molar-refractivity contribution in [2.45, 2.75) is 37.2 Å². The van der Waals surface area contributed by atoms with Crippen LogP contribution in [0.3, 0.4) is 0 Å². The summed E-state index contributed by atoms with van der Waals surface area (Å²) in [5.74, 6) is 1.62. The van der Waals surface area contributed by atoms with E-state index in [0.717, 1.165) is 24.2 Å². The first-order chi connectivity index (χ1) is 11.5. The summed E-state index contributed by atoms with van der Waals surface area (Å²) >= 11 is 3.82. The van der Waals surface area contributed by atoms with Crippen molar-refractivity contribution in [2.24, 2.45) is 5.92 Å². The lowest BCUT2D eigenvalue weighted by Gasteiger charge is -2.32. The molecule has 2 unspecified atom stereocenters. The topological polar surface area (TPSA) is 21.3 Å². The highest BCUT2D eigenvalue weighted by Crippen LogP contribution is 2.41. The van der Waals surface area contributed by atoms with Gasteiger partial charge < -0.3 is 10.1 Å². The van der Waals surface area contributed by atoms with Crippen LogP contribution in [-0.2, 0) is 6.42 Å². The number of hydrogen-bond acceptors (Lipinski definition) is 2. The van der Waals surface area contributed by atoms with Crippen molar-refractivity contribution in [3.8, 4) is 5.75 Å². The van der Waals surface area contributed by atoms with E-state index in [4.69, 9.17) is 4.74 Å². The fourth-order valence-corrected chi connectivity index (χ4v) is 4.54. The van der Waals surface area contributed by atoms with Crippen LogP contribution in [0.15, 0.2) is 48.5 Å². The molecule has 0 aromatic heterocycles. The van der Waals surface area contributed by atoms with Crippen LogP contribution in [0.2, 0.25) is 0 Å². The molecule has 0 fully saturated rings. The second-order valence-electron chi connectivity index (χ2n) is 7.18. The van der Waals surface area contributed by atoms with Gasteiger partial charge in [-0.2, -0.15) is 0 Å². The van der Waals surface area contributed by atoms with E-state index in [9.17, 15) is 0 Å². The molecular formula is C21H22BrNO. The lowest BCUT2D eigenvalue weighted by Crippen LogP contribution is -2.41. The number of rotatable bonds is 3. The van der Waals surface area contributed by atoms with Gasteiger partial charge in [-0.1, -0.05) is 54.0 Å². The van der Waals surface area contributed by atoms with Gasteiger partial charge in [0.1, 0.15) is 5.75 Å². The zero-order chi connectivity index (χ0) is 16.7. The van der Waals surface area contributed by atoms with Crippen LogP contribution in [0.1, 0.15) is 41.8 Å². The van der Waals surface area contributed by atoms with Gasteiger partial charge in [0.25, 0.3) is 0 Å². The van der Waals surface area contributed by atoms with Gasteiger partial charge in [0.2, 0.25) is 5.72 Å². The third-order valence-electron chi connectivity index (χ3n) is 4.71. The lowest BCUT2D eigenvalue weighted by molar-refractivity contribution is 0.155. The maximum absolute atomic E-state index is 6.37. The smallest absolute Gasteiger partial charge is 0.204 e. The Labute approximate surface area is 152 Å². The number of alkyl halides is 1. The molecule has 2 aromatic rings. The van der Waals surface area contributed by atoms with Crippen LogP contribution < -0.4 is 10.1 Å². The Morgan fingerprint density at radius 3 is 2.83 bits per heavy atom. The molecule has 124 valence electrons. The Morgan fingerprint density at radius 2 is 2.04 bits per heavy atom. The molecular weight excluding hydrogens is 362 g/mol. The van der Waals surface area contributed by atoms with Crippen molar-refractivity contribution < 1.29 is 4.74 Å². The Kier molecular flexibility index (Phi) is 3.92. The number of fused-ring (bicyclic) bond motifs is 2. The summed E-state index contributed by atoms with van der Waals surface area (Å²) in [4.78, 5) is 0.390. The highest BCUT2D eigenvalue weighted by Gasteiger charge is 2.38. The SMILES string of the molecule is CC(C)CC(Br)c1ccc2c(c1)C=CC1(Cc3ccccc3N1)O2. The van der Waals surface area contributed by atoms with E-state index in [1.54, 1.807) is 0 Å². The summed E-state index contributed by atoms with van der Waals surface area (Å²) < 4.78 is 6.37. The van der Waals surface area contributed by atoms with E-state index in [1.807, 2.05) is 0 Å². The standard InChI is InChI=1S/C21H22BrNO/c1-14(2)11-18(22)15-7-8-20-16(12-15)9-10-21(24-20)13-17-5-3-4-6-19(17)23-21/h3-10,12,14,18,23H,11,13H2,1-2H3. The van der Waals surface area contributed by atoms with Crippen molar-refractivity contribution in [1.82, 2.24) is 0 Å². The number of halogens is 1. The summed E-state index contributed by atoms with van der Waals surface area (Å²) in [5, 5.41) is 3.54. The molecule has 0 aliphatic carbocycles. The normalized spacial score (nSPS) is 22.0. The lowest BCUT2D eigenvalue weighted by atomic mass is 9.97. The molecule has 4 rings (SSSR count). The summed E-state index contributed by atoms with van der Waals surface area (Å²) in [6.07, 6.45) is 6.33. The fourth-order valence-electron chi connectivity index (χ4n) is 3.50. The average molecular weight is 384 g/mol. The first-order valence-electron chi connectivity index (χ1n) is 8.57. The first-order valence-corrected chi connectivity index (χ1v) is 9.49. The number of para-hydroxylation sites is 1. The molecule has 2 atom stereocenters. The van der Waals surface area contributed by atoms with E-state index >= 15 is 0 Å². The molecule has 1 spiro atoms. The minimum Gasteiger partial charge on any atom is -0.464 e. The highest BCUT2D eigenvalue weighted by molar-refractivity contribution is 9.09. The molecule has 2 aliphatic rings. The third kappa shape index (κ3) is 2.86. The third-order valence-corrected chi connectivity index (χ3v) is 5.62. The number of anilines is 1. The molecule has 0 radical (unpaired) electrons. The van der Waals surface area contributed by atoms with Crippen LogP contribution in [0.4, 0.5) is 5.69 Å². The maximum Gasteiger partial charge on any atom is 0.204 e. The minimum atomic E-state index is -0.441. The van der Waals surface area contributed by atoms with E-state index in [1.165, 1.54) is 16.8 Å². The highest BCUT2D eigenvalue weighted by atomic mass is 79.9. The quantitative estimate of drug-likeness (QED) is 0.662. The van der Waals surface area contributed by atoms with Crippen LogP contribution in [0.5, 0.6) is 5.75 Å². The number of ether oxygens (including phenoxy) is 1. The maximum atomic E-state index is 6.37. The molecule has 0 saturated carbocycles. The van der Waals surface area contributed by atoms with Gasteiger partial charge in [-0.05, 0) is 53.8 Å². The number of hydrogen-bond donors (Lipinski definition) is 1. The van der Waals surface area contributed by atoms with E-state index in [-0.39, 0.29) is 0 Å². The molecule has 2 aliphatic heterocycles. The Morgan fingerprint density at radius 1 is 1.21 bits per heavy atom. The molecule has 24 heavy (non-hydrogen) atoms. The van der Waals surface area contributed by atoms with Crippen LogP contribution in [-0.4, -0.2) is 5.72 Å². The molecule has 3 heteroatoms. The van der Waals surface area contributed by atoms with Crippen LogP contribution >= 0.6 is 15.9 Å². The number of nitrogens with one attached hydrogen (secondary N) is 1. The van der Waals surface area contributed by atoms with Crippen LogP contribution in [0, 0.1) is 5.92 Å². The molecule has 0 bridgehead atoms. The molecule has 0 amide bonds. The predicted molar refractivity (Wildman–Crippen MR) is 104 cm³/mol. The first kappa shape index (κ1) is 15.8. The van der Waals surface area contributed by atoms with Gasteiger partial charge in [-0.15, -0.1) is 0 Å². The van der Waals surface area contributed by atoms with Gasteiger partial charge in [-0.25, -0.2) is 0 Å². The predicted octanol–water partition coefficient (Wildman–Crippen LogP) is 5.94. The van der Waals surface area contributed by atoms with Gasteiger partial charge in [-0.3, -0.25) is 0 Å². The minimum absolute atomic E-state index is 0.390. The summed E-state index contributed by atoms with van der Waals surface area (Å²) in [5.41, 5.74) is 4.50. The fraction of sp³-hybridized carbons (Fsp3) is 0.333. The zero-order valence-electron chi connectivity index (χ0n) is 14.1. The summed E-state index contributed by atoms with van der Waals surface area (Å²) in [6.45, 7) is 4.51. The second-order valence-corrected chi connectivity index (χ2v) is 8.28. The molecule has 0 saturated heterocycles. The molecule has 2 heterocycles. The van der Waals surface area contributed by atoms with Crippen molar-refractivity contribution in [3.63, 3.8) is 0 Å². The van der Waals surface area contributed by atoms with Gasteiger partial charge >= 0.3 is 0 Å². The Balaban J connectivity index is 1.58. The Bertz CT molecular complexity index is 771. The summed E-state index contributed by atoms with van der Waals surface area (Å²) in [6, 6.07) is 14.9. The van der Waals surface area contributed by atoms with Crippen molar-refractivity contribution >= 4 is 27.7 Å². The van der Waals surface area contributed by atoms with Gasteiger partial charge in [0, 0.05) is 22.5 Å². The average Bonchev–Trinajstić information content (AvgIpc) is 2.91. The molecule has 2 aromatic carbocycles.